The van der Waals surface area contributed by atoms with Crippen molar-refractivity contribution in [2.45, 2.75) is 24.7 Å². The Hall–Kier alpha value is -1.31. The molecular weight excluding hydrogens is 280 g/mol. The van der Waals surface area contributed by atoms with Crippen LogP contribution in [-0.4, -0.2) is 33.3 Å². The van der Waals surface area contributed by atoms with Crippen molar-refractivity contribution in [3.8, 4) is 5.75 Å². The topological polar surface area (TPSA) is 102 Å². The number of benzene rings is 1. The van der Waals surface area contributed by atoms with E-state index in [2.05, 4.69) is 4.72 Å². The zero-order valence-electron chi connectivity index (χ0n) is 11.4. The average molecular weight is 300 g/mol. The first-order valence-electron chi connectivity index (χ1n) is 6.59. The van der Waals surface area contributed by atoms with Crippen molar-refractivity contribution in [3.63, 3.8) is 0 Å². The SMILES string of the molecule is CC(CO)CNS(=O)(=O)c1cc(N)cc2c1OCCC2. The second-order valence-corrected chi connectivity index (χ2v) is 6.83. The smallest absolute Gasteiger partial charge is 0.244 e. The van der Waals surface area contributed by atoms with Gasteiger partial charge in [0.25, 0.3) is 0 Å². The van der Waals surface area contributed by atoms with Crippen molar-refractivity contribution in [1.82, 2.24) is 4.72 Å². The largest absolute Gasteiger partial charge is 0.492 e. The Labute approximate surface area is 119 Å². The molecule has 1 aliphatic heterocycles. The molecule has 1 atom stereocenters. The molecule has 20 heavy (non-hydrogen) atoms. The number of aliphatic hydroxyl groups excluding tert-OH is 1. The predicted octanol–water partition coefficient (Wildman–Crippen LogP) is 0.500. The molecule has 0 spiro atoms. The summed E-state index contributed by atoms with van der Waals surface area (Å²) in [6.45, 7) is 2.36. The molecule has 0 saturated carbocycles. The minimum atomic E-state index is -3.70. The predicted molar refractivity (Wildman–Crippen MR) is 76.1 cm³/mol. The van der Waals surface area contributed by atoms with Crippen LogP contribution >= 0.6 is 0 Å². The van der Waals surface area contributed by atoms with Crippen LogP contribution in [0.4, 0.5) is 5.69 Å². The van der Waals surface area contributed by atoms with Crippen molar-refractivity contribution in [3.05, 3.63) is 17.7 Å². The molecule has 1 aromatic rings. The van der Waals surface area contributed by atoms with E-state index in [0.29, 0.717) is 18.0 Å². The molecule has 0 aliphatic carbocycles. The van der Waals surface area contributed by atoms with E-state index in [0.717, 1.165) is 18.4 Å². The molecule has 1 heterocycles. The highest BCUT2D eigenvalue weighted by Crippen LogP contribution is 2.34. The quantitative estimate of drug-likeness (QED) is 0.687. The molecule has 6 nitrogen and oxygen atoms in total. The van der Waals surface area contributed by atoms with Gasteiger partial charge in [-0.05, 0) is 36.5 Å². The van der Waals surface area contributed by atoms with Crippen LogP contribution in [0.25, 0.3) is 0 Å². The zero-order chi connectivity index (χ0) is 14.8. The Kier molecular flexibility index (Phi) is 4.52. The lowest BCUT2D eigenvalue weighted by Gasteiger charge is -2.21. The molecule has 0 radical (unpaired) electrons. The maximum atomic E-state index is 12.3. The summed E-state index contributed by atoms with van der Waals surface area (Å²) in [6, 6.07) is 3.17. The van der Waals surface area contributed by atoms with E-state index >= 15 is 0 Å². The van der Waals surface area contributed by atoms with E-state index in [-0.39, 0.29) is 24.0 Å². The Morgan fingerprint density at radius 1 is 1.50 bits per heavy atom. The van der Waals surface area contributed by atoms with Crippen LogP contribution in [0.2, 0.25) is 0 Å². The maximum Gasteiger partial charge on any atom is 0.244 e. The van der Waals surface area contributed by atoms with E-state index in [4.69, 9.17) is 15.6 Å². The fourth-order valence-electron chi connectivity index (χ4n) is 2.06. The Morgan fingerprint density at radius 2 is 2.25 bits per heavy atom. The second-order valence-electron chi connectivity index (χ2n) is 5.10. The van der Waals surface area contributed by atoms with E-state index in [1.165, 1.54) is 6.07 Å². The van der Waals surface area contributed by atoms with Gasteiger partial charge in [-0.15, -0.1) is 0 Å². The number of hydrogen-bond acceptors (Lipinski definition) is 5. The molecule has 1 aliphatic rings. The van der Waals surface area contributed by atoms with Gasteiger partial charge in [0.1, 0.15) is 10.6 Å². The lowest BCUT2D eigenvalue weighted by atomic mass is 10.1. The van der Waals surface area contributed by atoms with Gasteiger partial charge in [0.15, 0.2) is 0 Å². The summed E-state index contributed by atoms with van der Waals surface area (Å²) in [5.41, 5.74) is 7.01. The van der Waals surface area contributed by atoms with E-state index < -0.39 is 10.0 Å². The van der Waals surface area contributed by atoms with Gasteiger partial charge in [-0.1, -0.05) is 6.92 Å². The van der Waals surface area contributed by atoms with Crippen molar-refractivity contribution < 1.29 is 18.3 Å². The molecule has 2 rings (SSSR count). The number of aryl methyl sites for hydroxylation is 1. The number of nitrogens with one attached hydrogen (secondary N) is 1. The van der Waals surface area contributed by atoms with Crippen LogP contribution in [-0.2, 0) is 16.4 Å². The fourth-order valence-corrected chi connectivity index (χ4v) is 3.45. The van der Waals surface area contributed by atoms with Crippen LogP contribution in [0.1, 0.15) is 18.9 Å². The van der Waals surface area contributed by atoms with Crippen LogP contribution in [0.15, 0.2) is 17.0 Å². The first-order chi connectivity index (χ1) is 9.44. The molecule has 1 aromatic carbocycles. The van der Waals surface area contributed by atoms with Gasteiger partial charge < -0.3 is 15.6 Å². The van der Waals surface area contributed by atoms with Crippen LogP contribution in [0.3, 0.4) is 0 Å². The van der Waals surface area contributed by atoms with E-state index in [9.17, 15) is 8.42 Å². The van der Waals surface area contributed by atoms with E-state index in [1.807, 2.05) is 0 Å². The lowest BCUT2D eigenvalue weighted by molar-refractivity contribution is 0.238. The maximum absolute atomic E-state index is 12.3. The van der Waals surface area contributed by atoms with Gasteiger partial charge in [0, 0.05) is 18.8 Å². The van der Waals surface area contributed by atoms with Gasteiger partial charge in [-0.3, -0.25) is 0 Å². The Morgan fingerprint density at radius 3 is 2.95 bits per heavy atom. The minimum Gasteiger partial charge on any atom is -0.492 e. The lowest BCUT2D eigenvalue weighted by Crippen LogP contribution is -2.30. The molecular formula is C13H20N2O4S. The molecule has 7 heteroatoms. The third-order valence-electron chi connectivity index (χ3n) is 3.21. The molecule has 0 amide bonds. The Bertz CT molecular complexity index is 586. The number of hydrogen-bond donors (Lipinski definition) is 3. The first-order valence-corrected chi connectivity index (χ1v) is 8.08. The van der Waals surface area contributed by atoms with Gasteiger partial charge in [0.2, 0.25) is 10.0 Å². The molecule has 112 valence electrons. The van der Waals surface area contributed by atoms with Crippen molar-refractivity contribution in [1.29, 1.82) is 0 Å². The summed E-state index contributed by atoms with van der Waals surface area (Å²) in [5, 5.41) is 8.96. The van der Waals surface area contributed by atoms with Gasteiger partial charge in [-0.25, -0.2) is 13.1 Å². The highest BCUT2D eigenvalue weighted by Gasteiger charge is 2.25. The minimum absolute atomic E-state index is 0.0753. The third-order valence-corrected chi connectivity index (χ3v) is 4.64. The fraction of sp³-hybridized carbons (Fsp3) is 0.538. The second kappa shape index (κ2) is 5.99. The molecule has 0 fully saturated rings. The van der Waals surface area contributed by atoms with Crippen LogP contribution in [0.5, 0.6) is 5.75 Å². The van der Waals surface area contributed by atoms with Gasteiger partial charge in [0.05, 0.1) is 6.61 Å². The standard InChI is InChI=1S/C13H20N2O4S/c1-9(8-16)7-15-20(17,18)12-6-11(14)5-10-3-2-4-19-13(10)12/h5-6,9,15-16H,2-4,7-8,14H2,1H3. The number of anilines is 1. The summed E-state index contributed by atoms with van der Waals surface area (Å²) < 4.78 is 32.7. The van der Waals surface area contributed by atoms with Crippen LogP contribution < -0.4 is 15.2 Å². The third kappa shape index (κ3) is 3.23. The van der Waals surface area contributed by atoms with E-state index in [1.54, 1.807) is 13.0 Å². The Balaban J connectivity index is 2.33. The molecule has 1 unspecified atom stereocenters. The number of ether oxygens (including phenoxy) is 1. The monoisotopic (exact) mass is 300 g/mol. The van der Waals surface area contributed by atoms with Crippen molar-refractivity contribution in [2.24, 2.45) is 5.92 Å². The number of sulfonamides is 1. The number of nitrogens with two attached hydrogens (primary N) is 1. The molecule has 0 saturated heterocycles. The molecule has 0 bridgehead atoms. The van der Waals surface area contributed by atoms with Crippen molar-refractivity contribution in [2.75, 3.05) is 25.5 Å². The zero-order valence-corrected chi connectivity index (χ0v) is 12.2. The van der Waals surface area contributed by atoms with Gasteiger partial charge >= 0.3 is 0 Å². The van der Waals surface area contributed by atoms with Crippen LogP contribution in [0, 0.1) is 5.92 Å². The summed E-state index contributed by atoms with van der Waals surface area (Å²) in [6.07, 6.45) is 1.61. The summed E-state index contributed by atoms with van der Waals surface area (Å²) >= 11 is 0. The first kappa shape index (κ1) is 15.1. The van der Waals surface area contributed by atoms with Gasteiger partial charge in [-0.2, -0.15) is 0 Å². The molecule has 0 aromatic heterocycles. The average Bonchev–Trinajstić information content (AvgIpc) is 2.43. The number of aliphatic hydroxyl groups is 1. The number of rotatable bonds is 5. The number of fused-ring (bicyclic) bond motifs is 1. The highest BCUT2D eigenvalue weighted by atomic mass is 32.2. The summed E-state index contributed by atoms with van der Waals surface area (Å²) in [4.78, 5) is 0.0809. The van der Waals surface area contributed by atoms with Crippen molar-refractivity contribution >= 4 is 15.7 Å². The summed E-state index contributed by atoms with van der Waals surface area (Å²) in [5.74, 6) is 0.247. The number of nitrogen functional groups attached to an aromatic ring is 1. The highest BCUT2D eigenvalue weighted by molar-refractivity contribution is 7.89. The normalized spacial score (nSPS) is 16.3. The molecule has 4 N–H and O–H groups in total. The summed E-state index contributed by atoms with van der Waals surface area (Å²) in [7, 11) is -3.70.